The van der Waals surface area contributed by atoms with E-state index >= 15 is 0 Å². The monoisotopic (exact) mass is 300 g/mol. The molecule has 0 radical (unpaired) electrons. The van der Waals surface area contributed by atoms with Gasteiger partial charge in [0.2, 0.25) is 0 Å². The maximum atomic E-state index is 10.5. The highest BCUT2D eigenvalue weighted by Gasteiger charge is 2.26. The summed E-state index contributed by atoms with van der Waals surface area (Å²) in [5, 5.41) is 10.5. The molecule has 118 valence electrons. The number of hydrogen-bond acceptors (Lipinski definition) is 4. The molecular formula is C17H24N4O. The molecular weight excluding hydrogens is 276 g/mol. The first-order valence-corrected chi connectivity index (χ1v) is 8.08. The van der Waals surface area contributed by atoms with Gasteiger partial charge in [-0.2, -0.15) is 0 Å². The fraction of sp³-hybridized carbons (Fsp3) is 0.529. The molecule has 5 nitrogen and oxygen atoms in total. The van der Waals surface area contributed by atoms with Crippen molar-refractivity contribution in [3.05, 3.63) is 48.3 Å². The van der Waals surface area contributed by atoms with Gasteiger partial charge in [0.15, 0.2) is 0 Å². The molecule has 3 rings (SSSR count). The second kappa shape index (κ2) is 7.03. The Hall–Kier alpha value is -1.72. The number of aliphatic hydroxyl groups excluding tert-OH is 1. The van der Waals surface area contributed by atoms with E-state index in [4.69, 9.17) is 0 Å². The molecule has 1 atom stereocenters. The van der Waals surface area contributed by atoms with Crippen LogP contribution in [0.25, 0.3) is 0 Å². The largest absolute Gasteiger partial charge is 0.388 e. The van der Waals surface area contributed by atoms with E-state index in [0.29, 0.717) is 5.92 Å². The summed E-state index contributed by atoms with van der Waals surface area (Å²) in [4.78, 5) is 11.0. The normalized spacial score (nSPS) is 18.5. The summed E-state index contributed by atoms with van der Waals surface area (Å²) >= 11 is 0. The predicted molar refractivity (Wildman–Crippen MR) is 85.1 cm³/mol. The molecule has 3 heterocycles. The fourth-order valence-corrected chi connectivity index (χ4v) is 3.23. The average molecular weight is 300 g/mol. The molecule has 1 N–H and O–H groups in total. The lowest BCUT2D eigenvalue weighted by atomic mass is 9.88. The number of likely N-dealkylation sites (tertiary alicyclic amines) is 1. The van der Waals surface area contributed by atoms with Crippen LogP contribution < -0.4 is 0 Å². The van der Waals surface area contributed by atoms with Crippen LogP contribution >= 0.6 is 0 Å². The molecule has 2 aromatic rings. The van der Waals surface area contributed by atoms with Crippen LogP contribution in [0.2, 0.25) is 0 Å². The quantitative estimate of drug-likeness (QED) is 0.920. The number of aryl methyl sites for hydroxylation is 1. The molecule has 2 aromatic heterocycles. The summed E-state index contributed by atoms with van der Waals surface area (Å²) in [5.74, 6) is 1.46. The Kier molecular flexibility index (Phi) is 4.85. The van der Waals surface area contributed by atoms with E-state index in [0.717, 1.165) is 50.4 Å². The molecule has 22 heavy (non-hydrogen) atoms. The van der Waals surface area contributed by atoms with Crippen molar-refractivity contribution in [2.45, 2.75) is 39.0 Å². The van der Waals surface area contributed by atoms with Gasteiger partial charge in [-0.15, -0.1) is 0 Å². The lowest BCUT2D eigenvalue weighted by Gasteiger charge is -2.34. The SMILES string of the molecule is CCn1ccnc1CN1CCC(C(O)c2cccnc2)CC1. The van der Waals surface area contributed by atoms with Crippen LogP contribution in [0.15, 0.2) is 36.9 Å². The van der Waals surface area contributed by atoms with E-state index in [1.54, 1.807) is 12.4 Å². The predicted octanol–water partition coefficient (Wildman–Crippen LogP) is 2.24. The minimum atomic E-state index is -0.395. The van der Waals surface area contributed by atoms with Crippen LogP contribution in [0.5, 0.6) is 0 Å². The fourth-order valence-electron chi connectivity index (χ4n) is 3.23. The van der Waals surface area contributed by atoms with E-state index in [1.807, 2.05) is 24.5 Å². The number of piperidine rings is 1. The zero-order chi connectivity index (χ0) is 15.4. The van der Waals surface area contributed by atoms with E-state index in [1.165, 1.54) is 0 Å². The Bertz CT molecular complexity index is 575. The van der Waals surface area contributed by atoms with Crippen LogP contribution in [0.4, 0.5) is 0 Å². The lowest BCUT2D eigenvalue weighted by molar-refractivity contribution is 0.0555. The zero-order valence-corrected chi connectivity index (χ0v) is 13.1. The third kappa shape index (κ3) is 3.36. The van der Waals surface area contributed by atoms with E-state index in [-0.39, 0.29) is 0 Å². The summed E-state index contributed by atoms with van der Waals surface area (Å²) in [5.41, 5.74) is 0.933. The van der Waals surface area contributed by atoms with Crippen molar-refractivity contribution in [1.29, 1.82) is 0 Å². The maximum absolute atomic E-state index is 10.5. The summed E-state index contributed by atoms with van der Waals surface area (Å²) in [6.45, 7) is 6.03. The van der Waals surface area contributed by atoms with Gasteiger partial charge in [0, 0.05) is 31.3 Å². The second-order valence-electron chi connectivity index (χ2n) is 5.97. The Labute approximate surface area is 131 Å². The molecule has 1 aliphatic rings. The molecule has 0 amide bonds. The van der Waals surface area contributed by atoms with Crippen LogP contribution in [-0.4, -0.2) is 37.6 Å². The van der Waals surface area contributed by atoms with Crippen LogP contribution in [0, 0.1) is 5.92 Å². The molecule has 0 spiro atoms. The zero-order valence-electron chi connectivity index (χ0n) is 13.1. The van der Waals surface area contributed by atoms with E-state index < -0.39 is 6.10 Å². The number of pyridine rings is 1. The maximum Gasteiger partial charge on any atom is 0.122 e. The van der Waals surface area contributed by atoms with Crippen molar-refractivity contribution in [3.8, 4) is 0 Å². The van der Waals surface area contributed by atoms with Crippen molar-refractivity contribution in [2.24, 2.45) is 5.92 Å². The number of rotatable bonds is 5. The van der Waals surface area contributed by atoms with Gasteiger partial charge in [-0.1, -0.05) is 6.07 Å². The first-order chi connectivity index (χ1) is 10.8. The molecule has 0 saturated carbocycles. The number of aromatic nitrogens is 3. The molecule has 5 heteroatoms. The van der Waals surface area contributed by atoms with Crippen molar-refractivity contribution in [3.63, 3.8) is 0 Å². The topological polar surface area (TPSA) is 54.2 Å². The van der Waals surface area contributed by atoms with Gasteiger partial charge in [-0.05, 0) is 50.4 Å². The Balaban J connectivity index is 1.54. The van der Waals surface area contributed by atoms with Crippen LogP contribution in [-0.2, 0) is 13.1 Å². The smallest absolute Gasteiger partial charge is 0.122 e. The Morgan fingerprint density at radius 3 is 2.82 bits per heavy atom. The van der Waals surface area contributed by atoms with Gasteiger partial charge in [0.25, 0.3) is 0 Å². The molecule has 0 aromatic carbocycles. The van der Waals surface area contributed by atoms with Gasteiger partial charge in [-0.25, -0.2) is 4.98 Å². The average Bonchev–Trinajstić information content (AvgIpc) is 3.03. The second-order valence-corrected chi connectivity index (χ2v) is 5.97. The summed E-state index contributed by atoms with van der Waals surface area (Å²) in [6, 6.07) is 3.85. The van der Waals surface area contributed by atoms with Gasteiger partial charge in [0.05, 0.1) is 12.6 Å². The van der Waals surface area contributed by atoms with Gasteiger partial charge < -0.3 is 9.67 Å². The highest BCUT2D eigenvalue weighted by Crippen LogP contribution is 2.30. The minimum absolute atomic E-state index is 0.325. The molecule has 1 saturated heterocycles. The minimum Gasteiger partial charge on any atom is -0.388 e. The third-order valence-corrected chi connectivity index (χ3v) is 4.61. The van der Waals surface area contributed by atoms with E-state index in [9.17, 15) is 5.11 Å². The number of aliphatic hydroxyl groups is 1. The first kappa shape index (κ1) is 15.2. The molecule has 1 fully saturated rings. The standard InChI is InChI=1S/C17H24N4O/c1-2-21-11-8-19-16(21)13-20-9-5-14(6-10-20)17(22)15-4-3-7-18-12-15/h3-4,7-8,11-12,14,17,22H,2,5-6,9-10,13H2,1H3. The summed E-state index contributed by atoms with van der Waals surface area (Å²) in [6.07, 6.45) is 9.06. The van der Waals surface area contributed by atoms with Gasteiger partial charge in [-0.3, -0.25) is 9.88 Å². The highest BCUT2D eigenvalue weighted by atomic mass is 16.3. The number of hydrogen-bond donors (Lipinski definition) is 1. The van der Waals surface area contributed by atoms with Crippen LogP contribution in [0.3, 0.4) is 0 Å². The molecule has 1 aliphatic heterocycles. The van der Waals surface area contributed by atoms with Crippen molar-refractivity contribution in [1.82, 2.24) is 19.4 Å². The van der Waals surface area contributed by atoms with Crippen molar-refractivity contribution in [2.75, 3.05) is 13.1 Å². The number of nitrogens with zero attached hydrogens (tertiary/aromatic N) is 4. The Morgan fingerprint density at radius 2 is 2.14 bits per heavy atom. The third-order valence-electron chi connectivity index (χ3n) is 4.61. The summed E-state index contributed by atoms with van der Waals surface area (Å²) < 4.78 is 2.19. The van der Waals surface area contributed by atoms with Crippen molar-refractivity contribution < 1.29 is 5.11 Å². The summed E-state index contributed by atoms with van der Waals surface area (Å²) in [7, 11) is 0. The van der Waals surface area contributed by atoms with E-state index in [2.05, 4.69) is 26.4 Å². The van der Waals surface area contributed by atoms with Gasteiger partial charge >= 0.3 is 0 Å². The highest BCUT2D eigenvalue weighted by molar-refractivity contribution is 5.13. The molecule has 0 aliphatic carbocycles. The molecule has 0 bridgehead atoms. The first-order valence-electron chi connectivity index (χ1n) is 8.08. The lowest BCUT2D eigenvalue weighted by Crippen LogP contribution is -2.35. The number of imidazole rings is 1. The van der Waals surface area contributed by atoms with Crippen molar-refractivity contribution >= 4 is 0 Å². The molecule has 1 unspecified atom stereocenters. The van der Waals surface area contributed by atoms with Gasteiger partial charge in [0.1, 0.15) is 5.82 Å². The van der Waals surface area contributed by atoms with Crippen LogP contribution in [0.1, 0.15) is 37.3 Å². The Morgan fingerprint density at radius 1 is 1.32 bits per heavy atom.